The minimum Gasteiger partial charge on any atom is -0.456 e. The minimum absolute atomic E-state index is 0.0782. The molecule has 7 heteroatoms. The molecule has 2 atom stereocenters. The monoisotopic (exact) mass is 525 g/mol. The quantitative estimate of drug-likeness (QED) is 0.232. The summed E-state index contributed by atoms with van der Waals surface area (Å²) in [6, 6.07) is 27.8. The molecule has 5 aromatic rings. The first-order valence-corrected chi connectivity index (χ1v) is 13.0. The zero-order valence-electron chi connectivity index (χ0n) is 20.9. The lowest BCUT2D eigenvalue weighted by Gasteiger charge is -2.59. The van der Waals surface area contributed by atoms with Crippen molar-refractivity contribution < 1.29 is 27.4 Å². The van der Waals surface area contributed by atoms with E-state index in [1.54, 1.807) is 24.3 Å². The van der Waals surface area contributed by atoms with Gasteiger partial charge in [-0.1, -0.05) is 73.7 Å². The Morgan fingerprint density at radius 2 is 1.33 bits per heavy atom. The molecular weight excluding hydrogens is 503 g/mol. The number of hydrogen-bond donors (Lipinski definition) is 0. The Bertz CT molecular complexity index is 1830. The van der Waals surface area contributed by atoms with Crippen molar-refractivity contribution in [2.45, 2.75) is 31.0 Å². The van der Waals surface area contributed by atoms with Crippen LogP contribution in [0.4, 0.5) is 18.9 Å². The fraction of sp³-hybridized carbons (Fsp3) is 0.188. The van der Waals surface area contributed by atoms with Gasteiger partial charge in [-0.05, 0) is 52.2 Å². The summed E-state index contributed by atoms with van der Waals surface area (Å²) < 4.78 is 65.4. The molecule has 39 heavy (non-hydrogen) atoms. The second-order valence-corrected chi connectivity index (χ2v) is 10.2. The molecule has 0 N–H and O–H groups in total. The molecule has 0 unspecified atom stereocenters. The summed E-state index contributed by atoms with van der Waals surface area (Å²) in [7, 11) is 0. The highest BCUT2D eigenvalue weighted by molar-refractivity contribution is 5.98. The summed E-state index contributed by atoms with van der Waals surface area (Å²) in [5.41, 5.74) is 0.426. The van der Waals surface area contributed by atoms with E-state index in [-0.39, 0.29) is 12.3 Å². The van der Waals surface area contributed by atoms with Crippen LogP contribution in [0, 0.1) is 0 Å². The van der Waals surface area contributed by atoms with Gasteiger partial charge in [0.1, 0.15) is 17.2 Å². The van der Waals surface area contributed by atoms with Gasteiger partial charge >= 0.3 is 12.1 Å². The van der Waals surface area contributed by atoms with Gasteiger partial charge in [-0.25, -0.2) is 0 Å². The Kier molecular flexibility index (Phi) is 4.34. The fourth-order valence-corrected chi connectivity index (χ4v) is 6.64. The zero-order chi connectivity index (χ0) is 26.6. The summed E-state index contributed by atoms with van der Waals surface area (Å²) >= 11 is 0. The number of hydrogen-bond acceptors (Lipinski definition) is 4. The smallest absolute Gasteiger partial charge is 0.456 e. The molecule has 5 aromatic carbocycles. The molecule has 8 rings (SSSR count). The number of fused-ring (bicyclic) bond motifs is 7. The van der Waals surface area contributed by atoms with Gasteiger partial charge in [0.2, 0.25) is 0 Å². The van der Waals surface area contributed by atoms with E-state index in [0.717, 1.165) is 21.5 Å². The van der Waals surface area contributed by atoms with Crippen molar-refractivity contribution in [3.63, 3.8) is 0 Å². The molecule has 0 saturated heterocycles. The van der Waals surface area contributed by atoms with Crippen LogP contribution in [0.5, 0.6) is 17.2 Å². The van der Waals surface area contributed by atoms with Crippen molar-refractivity contribution >= 4 is 27.2 Å². The van der Waals surface area contributed by atoms with E-state index in [1.165, 1.54) is 4.90 Å². The Hall–Kier alpha value is -4.23. The largest absolute Gasteiger partial charge is 0.479 e. The van der Waals surface area contributed by atoms with Crippen molar-refractivity contribution in [3.05, 3.63) is 108 Å². The first-order valence-electron chi connectivity index (χ1n) is 13.0. The molecule has 0 aliphatic carbocycles. The highest BCUT2D eigenvalue weighted by Gasteiger charge is 2.74. The molecular formula is C32H22F3NO3. The SMILES string of the molecule is CCCN1c2ccc3ccccc3c2[C@@]23O[C@]1(C(F)(F)F)Oc1cccc(c12)Oc1ccc2ccccc2c13. The number of alkyl halides is 3. The van der Waals surface area contributed by atoms with Crippen molar-refractivity contribution in [1.29, 1.82) is 0 Å². The molecule has 0 aromatic heterocycles. The number of anilines is 1. The second-order valence-electron chi connectivity index (χ2n) is 10.2. The van der Waals surface area contributed by atoms with E-state index in [0.29, 0.717) is 40.3 Å². The van der Waals surface area contributed by atoms with Crippen LogP contribution in [-0.2, 0) is 10.3 Å². The van der Waals surface area contributed by atoms with Gasteiger partial charge in [-0.3, -0.25) is 4.74 Å². The van der Waals surface area contributed by atoms with Gasteiger partial charge < -0.3 is 14.4 Å². The van der Waals surface area contributed by atoms with Gasteiger partial charge in [0.15, 0.2) is 5.60 Å². The molecule has 194 valence electrons. The van der Waals surface area contributed by atoms with Crippen LogP contribution in [0.15, 0.2) is 91.0 Å². The van der Waals surface area contributed by atoms with Gasteiger partial charge in [-0.2, -0.15) is 13.2 Å². The number of benzene rings is 5. The van der Waals surface area contributed by atoms with Gasteiger partial charge in [-0.15, -0.1) is 0 Å². The number of rotatable bonds is 2. The Morgan fingerprint density at radius 3 is 2.05 bits per heavy atom. The molecule has 0 radical (unpaired) electrons. The molecule has 3 heterocycles. The van der Waals surface area contributed by atoms with Gasteiger partial charge in [0, 0.05) is 23.4 Å². The number of nitrogens with zero attached hydrogens (tertiary/aromatic N) is 1. The third kappa shape index (κ3) is 2.68. The average Bonchev–Trinajstić information content (AvgIpc) is 2.94. The predicted octanol–water partition coefficient (Wildman–Crippen LogP) is 8.25. The standard InChI is InChI=1S/C32H22F3NO3/c1-2-18-36-23-16-14-19-8-3-5-10-21(19)27(23)30-28-22-11-6-4-9-20(22)15-17-25(28)37-24-12-7-13-26(29(24)30)38-32(36,39-30)31(33,34)35/h3-17H,2,18H2,1H3/t30-,32-/m0/s1. The minimum atomic E-state index is -4.89. The molecule has 4 nitrogen and oxygen atoms in total. The number of halogens is 3. The third-order valence-corrected chi connectivity index (χ3v) is 8.05. The zero-order valence-corrected chi connectivity index (χ0v) is 20.9. The van der Waals surface area contributed by atoms with E-state index in [1.807, 2.05) is 73.7 Å². The Balaban J connectivity index is 1.65. The second kappa shape index (κ2) is 7.45. The highest BCUT2D eigenvalue weighted by Crippen LogP contribution is 2.67. The summed E-state index contributed by atoms with van der Waals surface area (Å²) in [5.74, 6) is -2.09. The molecule has 3 aliphatic rings. The lowest BCUT2D eigenvalue weighted by Crippen LogP contribution is -2.72. The Morgan fingerprint density at radius 1 is 0.692 bits per heavy atom. The van der Waals surface area contributed by atoms with E-state index in [9.17, 15) is 0 Å². The molecule has 2 bridgehead atoms. The van der Waals surface area contributed by atoms with E-state index >= 15 is 13.2 Å². The third-order valence-electron chi connectivity index (χ3n) is 8.05. The molecule has 0 amide bonds. The van der Waals surface area contributed by atoms with Gasteiger partial charge in [0.25, 0.3) is 0 Å². The van der Waals surface area contributed by atoms with Crippen molar-refractivity contribution in [3.8, 4) is 17.2 Å². The first-order chi connectivity index (χ1) is 18.9. The summed E-state index contributed by atoms with van der Waals surface area (Å²) in [4.78, 5) is 1.25. The summed E-state index contributed by atoms with van der Waals surface area (Å²) in [6.07, 6.45) is -4.44. The van der Waals surface area contributed by atoms with E-state index in [4.69, 9.17) is 14.2 Å². The maximum absolute atomic E-state index is 15.5. The van der Waals surface area contributed by atoms with Crippen LogP contribution in [0.25, 0.3) is 21.5 Å². The fourth-order valence-electron chi connectivity index (χ4n) is 6.64. The van der Waals surface area contributed by atoms with Crippen LogP contribution < -0.4 is 14.4 Å². The molecule has 0 fully saturated rings. The lowest BCUT2D eigenvalue weighted by molar-refractivity contribution is -0.385. The van der Waals surface area contributed by atoms with Crippen molar-refractivity contribution in [2.75, 3.05) is 11.4 Å². The molecule has 3 aliphatic heterocycles. The van der Waals surface area contributed by atoms with E-state index < -0.39 is 17.7 Å². The van der Waals surface area contributed by atoms with Crippen LogP contribution in [0.3, 0.4) is 0 Å². The van der Waals surface area contributed by atoms with Crippen LogP contribution in [-0.4, -0.2) is 18.6 Å². The van der Waals surface area contributed by atoms with Crippen LogP contribution in [0.1, 0.15) is 30.0 Å². The van der Waals surface area contributed by atoms with Crippen LogP contribution >= 0.6 is 0 Å². The van der Waals surface area contributed by atoms with Crippen molar-refractivity contribution in [1.82, 2.24) is 0 Å². The van der Waals surface area contributed by atoms with Crippen LogP contribution in [0.2, 0.25) is 0 Å². The summed E-state index contributed by atoms with van der Waals surface area (Å²) in [5, 5.41) is 3.36. The van der Waals surface area contributed by atoms with E-state index in [2.05, 4.69) is 0 Å². The molecule has 1 spiro atoms. The summed E-state index contributed by atoms with van der Waals surface area (Å²) in [6.45, 7) is 1.93. The normalized spacial score (nSPS) is 22.5. The first kappa shape index (κ1) is 22.7. The maximum Gasteiger partial charge on any atom is 0.479 e. The average molecular weight is 526 g/mol. The Labute approximate surface area is 222 Å². The highest BCUT2D eigenvalue weighted by atomic mass is 19.4. The van der Waals surface area contributed by atoms with Gasteiger partial charge in [0.05, 0.1) is 5.56 Å². The maximum atomic E-state index is 15.5. The van der Waals surface area contributed by atoms with Crippen molar-refractivity contribution in [2.24, 2.45) is 0 Å². The topological polar surface area (TPSA) is 30.9 Å². The number of ether oxygens (including phenoxy) is 3. The lowest BCUT2D eigenvalue weighted by atomic mass is 9.71. The molecule has 0 saturated carbocycles. The predicted molar refractivity (Wildman–Crippen MR) is 142 cm³/mol.